The third-order valence-electron chi connectivity index (χ3n) is 5.64. The molecule has 0 fully saturated rings. The lowest BCUT2D eigenvalue weighted by Gasteiger charge is -2.24. The molecule has 0 bridgehead atoms. The zero-order chi connectivity index (χ0) is 27.8. The number of carbonyl (C=O) groups is 4. The summed E-state index contributed by atoms with van der Waals surface area (Å²) in [5, 5.41) is 7.92. The normalized spacial score (nSPS) is 12.1. The quantitative estimate of drug-likeness (QED) is 0.194. The lowest BCUT2D eigenvalue weighted by Crippen LogP contribution is -2.53. The standard InChI is InChI=1S/C28H37N3O7/c1-20(2)24(26(33)36-3)31-25(32)23(30-28(35)38-19-22-14-8-5-9-15-22)16-10-11-17-29-27(34)37-18-21-12-6-4-7-13-21/h4-9,12-15,20,23-24H,10-11,16-19H2,1-3H3,(H,29,34)(H,30,35)(H,31,32)/t23-,24-/m0/s1. The first kappa shape index (κ1) is 30.1. The number of methoxy groups -OCH3 is 1. The molecule has 0 saturated heterocycles. The second-order valence-corrected chi connectivity index (χ2v) is 9.00. The number of hydrogen-bond donors (Lipinski definition) is 3. The number of rotatable bonds is 14. The Bertz CT molecular complexity index is 1020. The van der Waals surface area contributed by atoms with Crippen LogP contribution in [0.4, 0.5) is 9.59 Å². The minimum absolute atomic E-state index is 0.0484. The van der Waals surface area contributed by atoms with Gasteiger partial charge in [-0.2, -0.15) is 0 Å². The topological polar surface area (TPSA) is 132 Å². The molecule has 2 aromatic carbocycles. The van der Waals surface area contributed by atoms with E-state index in [0.29, 0.717) is 19.4 Å². The molecule has 0 unspecified atom stereocenters. The fourth-order valence-corrected chi connectivity index (χ4v) is 3.49. The van der Waals surface area contributed by atoms with Crippen molar-refractivity contribution in [1.29, 1.82) is 0 Å². The molecule has 2 rings (SSSR count). The molecule has 0 heterocycles. The predicted molar refractivity (Wildman–Crippen MR) is 141 cm³/mol. The predicted octanol–water partition coefficient (Wildman–Crippen LogP) is 3.69. The summed E-state index contributed by atoms with van der Waals surface area (Å²) in [6.07, 6.45) is 0.00853. The lowest BCUT2D eigenvalue weighted by molar-refractivity contribution is -0.146. The molecule has 2 aromatic rings. The number of ether oxygens (including phenoxy) is 3. The molecule has 0 aromatic heterocycles. The van der Waals surface area contributed by atoms with Crippen molar-refractivity contribution in [3.8, 4) is 0 Å². The maximum atomic E-state index is 13.0. The molecule has 0 saturated carbocycles. The Kier molecular flexibility index (Phi) is 13.2. The highest BCUT2D eigenvalue weighted by Gasteiger charge is 2.29. The van der Waals surface area contributed by atoms with E-state index in [1.54, 1.807) is 13.8 Å². The molecule has 2 atom stereocenters. The molecule has 3 amide bonds. The number of hydrogen-bond acceptors (Lipinski definition) is 7. The summed E-state index contributed by atoms with van der Waals surface area (Å²) in [5.41, 5.74) is 1.69. The maximum Gasteiger partial charge on any atom is 0.408 e. The van der Waals surface area contributed by atoms with Crippen LogP contribution in [0.25, 0.3) is 0 Å². The zero-order valence-electron chi connectivity index (χ0n) is 22.1. The van der Waals surface area contributed by atoms with Crippen LogP contribution in [0.3, 0.4) is 0 Å². The van der Waals surface area contributed by atoms with Crippen LogP contribution in [0.1, 0.15) is 44.2 Å². The molecule has 3 N–H and O–H groups in total. The van der Waals surface area contributed by atoms with E-state index >= 15 is 0 Å². The first-order chi connectivity index (χ1) is 18.3. The van der Waals surface area contributed by atoms with E-state index in [4.69, 9.17) is 14.2 Å². The molecule has 206 valence electrons. The van der Waals surface area contributed by atoms with Gasteiger partial charge in [0.1, 0.15) is 25.3 Å². The van der Waals surface area contributed by atoms with Gasteiger partial charge in [0, 0.05) is 6.54 Å². The summed E-state index contributed by atoms with van der Waals surface area (Å²) in [7, 11) is 1.25. The molecular formula is C28H37N3O7. The van der Waals surface area contributed by atoms with Gasteiger partial charge >= 0.3 is 18.2 Å². The SMILES string of the molecule is COC(=O)[C@@H](NC(=O)[C@H](CCCCNC(=O)OCc1ccccc1)NC(=O)OCc1ccccc1)C(C)C. The van der Waals surface area contributed by atoms with Crippen LogP contribution < -0.4 is 16.0 Å². The van der Waals surface area contributed by atoms with E-state index in [9.17, 15) is 19.2 Å². The minimum Gasteiger partial charge on any atom is -0.467 e. The highest BCUT2D eigenvalue weighted by molar-refractivity contribution is 5.89. The minimum atomic E-state index is -0.950. The fraction of sp³-hybridized carbons (Fsp3) is 0.429. The smallest absolute Gasteiger partial charge is 0.408 e. The summed E-state index contributed by atoms with van der Waals surface area (Å²) < 4.78 is 15.2. The molecule has 10 nitrogen and oxygen atoms in total. The number of nitrogens with one attached hydrogen (secondary N) is 3. The van der Waals surface area contributed by atoms with Crippen LogP contribution in [-0.4, -0.2) is 49.8 Å². The van der Waals surface area contributed by atoms with Crippen LogP contribution in [-0.2, 0) is 37.0 Å². The average Bonchev–Trinajstić information content (AvgIpc) is 2.93. The van der Waals surface area contributed by atoms with Crippen molar-refractivity contribution in [2.24, 2.45) is 5.92 Å². The molecule has 0 aliphatic heterocycles. The van der Waals surface area contributed by atoms with Crippen molar-refractivity contribution >= 4 is 24.1 Å². The van der Waals surface area contributed by atoms with Crippen LogP contribution >= 0.6 is 0 Å². The molecular weight excluding hydrogens is 490 g/mol. The van der Waals surface area contributed by atoms with Crippen LogP contribution in [0.5, 0.6) is 0 Å². The van der Waals surface area contributed by atoms with Gasteiger partial charge in [-0.05, 0) is 36.3 Å². The van der Waals surface area contributed by atoms with Gasteiger partial charge in [-0.1, -0.05) is 74.5 Å². The van der Waals surface area contributed by atoms with Crippen LogP contribution in [0, 0.1) is 5.92 Å². The monoisotopic (exact) mass is 527 g/mol. The van der Waals surface area contributed by atoms with Crippen molar-refractivity contribution in [2.75, 3.05) is 13.7 Å². The van der Waals surface area contributed by atoms with Crippen molar-refractivity contribution in [2.45, 2.75) is 58.4 Å². The first-order valence-electron chi connectivity index (χ1n) is 12.6. The number of benzene rings is 2. The van der Waals surface area contributed by atoms with E-state index in [-0.39, 0.29) is 25.6 Å². The Balaban J connectivity index is 1.85. The largest absolute Gasteiger partial charge is 0.467 e. The van der Waals surface area contributed by atoms with Crippen molar-refractivity contribution < 1.29 is 33.4 Å². The Labute approximate surface area is 223 Å². The number of amides is 3. The maximum absolute atomic E-state index is 13.0. The van der Waals surface area contributed by atoms with E-state index in [1.807, 2.05) is 60.7 Å². The van der Waals surface area contributed by atoms with E-state index < -0.39 is 36.1 Å². The van der Waals surface area contributed by atoms with Gasteiger partial charge in [-0.3, -0.25) is 4.79 Å². The molecule has 10 heteroatoms. The zero-order valence-corrected chi connectivity index (χ0v) is 22.1. The van der Waals surface area contributed by atoms with Crippen LogP contribution in [0.2, 0.25) is 0 Å². The van der Waals surface area contributed by atoms with Gasteiger partial charge in [0.2, 0.25) is 5.91 Å². The molecule has 38 heavy (non-hydrogen) atoms. The van der Waals surface area contributed by atoms with Crippen molar-refractivity contribution in [3.63, 3.8) is 0 Å². The lowest BCUT2D eigenvalue weighted by atomic mass is 10.0. The van der Waals surface area contributed by atoms with Crippen LogP contribution in [0.15, 0.2) is 60.7 Å². The first-order valence-corrected chi connectivity index (χ1v) is 12.6. The molecule has 0 radical (unpaired) electrons. The molecule has 0 aliphatic carbocycles. The Morgan fingerprint density at radius 2 is 1.32 bits per heavy atom. The summed E-state index contributed by atoms with van der Waals surface area (Å²) in [5.74, 6) is -1.32. The number of esters is 1. The fourth-order valence-electron chi connectivity index (χ4n) is 3.49. The van der Waals surface area contributed by atoms with Gasteiger partial charge in [0.25, 0.3) is 0 Å². The Hall–Kier alpha value is -4.08. The summed E-state index contributed by atoms with van der Waals surface area (Å²) in [6.45, 7) is 4.10. The highest BCUT2D eigenvalue weighted by atomic mass is 16.6. The Morgan fingerprint density at radius 3 is 1.84 bits per heavy atom. The number of alkyl carbamates (subject to hydrolysis) is 2. The van der Waals surface area contributed by atoms with Gasteiger partial charge in [-0.15, -0.1) is 0 Å². The Morgan fingerprint density at radius 1 is 0.763 bits per heavy atom. The van der Waals surface area contributed by atoms with E-state index in [2.05, 4.69) is 16.0 Å². The highest BCUT2D eigenvalue weighted by Crippen LogP contribution is 2.08. The van der Waals surface area contributed by atoms with Gasteiger partial charge in [0.15, 0.2) is 0 Å². The van der Waals surface area contributed by atoms with Gasteiger partial charge < -0.3 is 30.2 Å². The van der Waals surface area contributed by atoms with Crippen molar-refractivity contribution in [1.82, 2.24) is 16.0 Å². The number of unbranched alkanes of at least 4 members (excludes halogenated alkanes) is 1. The summed E-state index contributed by atoms with van der Waals surface area (Å²) in [6, 6.07) is 16.7. The third-order valence-corrected chi connectivity index (χ3v) is 5.64. The van der Waals surface area contributed by atoms with Crippen molar-refractivity contribution in [3.05, 3.63) is 71.8 Å². The molecule has 0 aliphatic rings. The van der Waals surface area contributed by atoms with Gasteiger partial charge in [-0.25, -0.2) is 14.4 Å². The van der Waals surface area contributed by atoms with Gasteiger partial charge in [0.05, 0.1) is 7.11 Å². The summed E-state index contributed by atoms with van der Waals surface area (Å²) >= 11 is 0. The van der Waals surface area contributed by atoms with E-state index in [1.165, 1.54) is 7.11 Å². The summed E-state index contributed by atoms with van der Waals surface area (Å²) in [4.78, 5) is 49.4. The molecule has 0 spiro atoms. The average molecular weight is 528 g/mol. The van der Waals surface area contributed by atoms with E-state index in [0.717, 1.165) is 11.1 Å². The third kappa shape index (κ3) is 11.3. The second kappa shape index (κ2) is 16.6. The number of carbonyl (C=O) groups excluding carboxylic acids is 4. The second-order valence-electron chi connectivity index (χ2n) is 9.00.